The number of fused-ring (bicyclic) bond motifs is 3. The highest BCUT2D eigenvalue weighted by Crippen LogP contribution is 2.31. The van der Waals surface area contributed by atoms with E-state index in [1.54, 1.807) is 6.92 Å². The molecule has 2 aliphatic rings. The van der Waals surface area contributed by atoms with E-state index in [1.165, 1.54) is 24.5 Å². The summed E-state index contributed by atoms with van der Waals surface area (Å²) in [6, 6.07) is 3.87. The van der Waals surface area contributed by atoms with Gasteiger partial charge in [0.25, 0.3) is 5.56 Å². The average Bonchev–Trinajstić information content (AvgIpc) is 3.23. The van der Waals surface area contributed by atoms with Crippen molar-refractivity contribution < 1.29 is 18.0 Å². The molecule has 0 fully saturated rings. The van der Waals surface area contributed by atoms with Crippen LogP contribution in [0.5, 0.6) is 0 Å². The Morgan fingerprint density at radius 2 is 2.11 bits per heavy atom. The maximum absolute atomic E-state index is 13.0. The number of halogens is 3. The van der Waals surface area contributed by atoms with Gasteiger partial charge in [0.05, 0.1) is 28.4 Å². The third-order valence-corrected chi connectivity index (χ3v) is 4.19. The van der Waals surface area contributed by atoms with Gasteiger partial charge in [0, 0.05) is 12.7 Å². The highest BCUT2D eigenvalue weighted by molar-refractivity contribution is 5.95. The predicted octanol–water partition coefficient (Wildman–Crippen LogP) is 2.61. The molecule has 0 saturated heterocycles. The maximum atomic E-state index is 13.0. The van der Waals surface area contributed by atoms with Crippen molar-refractivity contribution in [2.75, 3.05) is 6.54 Å². The Labute approximate surface area is 154 Å². The molecule has 2 aromatic rings. The topological polar surface area (TPSA) is 97.6 Å². The molecule has 2 aliphatic heterocycles. The largest absolute Gasteiger partial charge is 0.416 e. The lowest BCUT2D eigenvalue weighted by Crippen LogP contribution is -2.29. The molecule has 0 bridgehead atoms. The lowest BCUT2D eigenvalue weighted by Gasteiger charge is -2.07. The standard InChI is InChI=1S/C17H13F3N6O2/c1-2-21-16(28)26-14-11(8-23-26)13-12(7-22-14)15(27)25(24-13)10-5-3-4-9(6-10)17(18,19)20/h3-8,22H,2H2,1H3,(H,21,28). The molecule has 3 heterocycles. The van der Waals surface area contributed by atoms with Crippen LogP contribution in [-0.4, -0.2) is 37.1 Å². The van der Waals surface area contributed by atoms with Crippen LogP contribution in [0.25, 0.3) is 28.0 Å². The van der Waals surface area contributed by atoms with Crippen molar-refractivity contribution in [2.24, 2.45) is 0 Å². The molecule has 0 aliphatic carbocycles. The van der Waals surface area contributed by atoms with Crippen LogP contribution in [0, 0.1) is 0 Å². The molecule has 1 aromatic carbocycles. The number of alkyl halides is 3. The number of aromatic nitrogens is 5. The first-order chi connectivity index (χ1) is 13.3. The van der Waals surface area contributed by atoms with Gasteiger partial charge in [-0.3, -0.25) is 4.79 Å². The van der Waals surface area contributed by atoms with Crippen LogP contribution in [0.3, 0.4) is 0 Å². The molecular formula is C17H13F3N6O2. The summed E-state index contributed by atoms with van der Waals surface area (Å²) < 4.78 is 40.9. The third kappa shape index (κ3) is 2.71. The van der Waals surface area contributed by atoms with Crippen LogP contribution in [0.1, 0.15) is 12.5 Å². The summed E-state index contributed by atoms with van der Waals surface area (Å²) in [5, 5.41) is 11.2. The Morgan fingerprint density at radius 3 is 2.82 bits per heavy atom. The van der Waals surface area contributed by atoms with Crippen molar-refractivity contribution in [1.82, 2.24) is 29.9 Å². The molecule has 0 unspecified atom stereocenters. The predicted molar refractivity (Wildman–Crippen MR) is 93.6 cm³/mol. The third-order valence-electron chi connectivity index (χ3n) is 4.19. The van der Waals surface area contributed by atoms with Crippen molar-refractivity contribution in [3.05, 3.63) is 52.6 Å². The number of nitrogens with zero attached hydrogens (tertiary/aromatic N) is 4. The Morgan fingerprint density at radius 1 is 1.32 bits per heavy atom. The van der Waals surface area contributed by atoms with Crippen LogP contribution in [-0.2, 0) is 6.18 Å². The van der Waals surface area contributed by atoms with E-state index in [1.807, 2.05) is 0 Å². The molecule has 1 aromatic heterocycles. The number of amides is 1. The second-order valence-electron chi connectivity index (χ2n) is 5.97. The van der Waals surface area contributed by atoms with Gasteiger partial charge >= 0.3 is 12.2 Å². The number of carbonyl (C=O) groups excluding carboxylic acids is 1. The lowest BCUT2D eigenvalue weighted by molar-refractivity contribution is -0.137. The monoisotopic (exact) mass is 390 g/mol. The molecule has 1 amide bonds. The van der Waals surface area contributed by atoms with Gasteiger partial charge in [-0.25, -0.2) is 4.79 Å². The van der Waals surface area contributed by atoms with Crippen LogP contribution in [0.15, 0.2) is 41.5 Å². The van der Waals surface area contributed by atoms with Crippen LogP contribution in [0.2, 0.25) is 0 Å². The minimum absolute atomic E-state index is 0.0136. The van der Waals surface area contributed by atoms with Crippen LogP contribution < -0.4 is 10.9 Å². The number of H-pyrrole nitrogens is 1. The van der Waals surface area contributed by atoms with Crippen molar-refractivity contribution in [3.8, 4) is 16.9 Å². The number of pyridine rings is 1. The molecule has 144 valence electrons. The Bertz CT molecular complexity index is 1220. The maximum Gasteiger partial charge on any atom is 0.416 e. The van der Waals surface area contributed by atoms with Crippen molar-refractivity contribution in [2.45, 2.75) is 13.1 Å². The first-order valence-electron chi connectivity index (χ1n) is 8.25. The number of carbonyl (C=O) groups is 1. The molecule has 28 heavy (non-hydrogen) atoms. The first kappa shape index (κ1) is 17.8. The van der Waals surface area contributed by atoms with Gasteiger partial charge in [-0.15, -0.1) is 0 Å². The van der Waals surface area contributed by atoms with E-state index in [0.29, 0.717) is 17.6 Å². The van der Waals surface area contributed by atoms with E-state index >= 15 is 0 Å². The fraction of sp³-hybridized carbons (Fsp3) is 0.176. The summed E-state index contributed by atoms with van der Waals surface area (Å²) in [6.45, 7) is 2.16. The molecule has 0 radical (unpaired) electrons. The lowest BCUT2D eigenvalue weighted by atomic mass is 10.2. The van der Waals surface area contributed by atoms with Gasteiger partial charge < -0.3 is 10.3 Å². The van der Waals surface area contributed by atoms with E-state index in [0.717, 1.165) is 21.5 Å². The number of rotatable bonds is 2. The number of nitrogens with one attached hydrogen (secondary N) is 2. The zero-order chi connectivity index (χ0) is 20.1. The molecule has 0 spiro atoms. The molecule has 0 saturated carbocycles. The summed E-state index contributed by atoms with van der Waals surface area (Å²) in [6.07, 6.45) is -1.82. The molecule has 0 atom stereocenters. The highest BCUT2D eigenvalue weighted by atomic mass is 19.4. The number of hydrogen-bond donors (Lipinski definition) is 2. The Hall–Kier alpha value is -3.63. The van der Waals surface area contributed by atoms with Gasteiger partial charge in [0.2, 0.25) is 0 Å². The second kappa shape index (κ2) is 6.22. The SMILES string of the molecule is CCNC(=O)n1ncc2c3nn(-c4cccc(C(F)(F)F)c4)c(=O)c-3c[nH]c21. The molecule has 8 nitrogen and oxygen atoms in total. The van der Waals surface area contributed by atoms with Gasteiger partial charge in [0.1, 0.15) is 11.3 Å². The fourth-order valence-electron chi connectivity index (χ4n) is 2.91. The van der Waals surface area contributed by atoms with E-state index in [2.05, 4.69) is 20.5 Å². The molecule has 4 rings (SSSR count). The Balaban J connectivity index is 1.90. The normalized spacial score (nSPS) is 12.0. The average molecular weight is 390 g/mol. The summed E-state index contributed by atoms with van der Waals surface area (Å²) in [4.78, 5) is 27.6. The molecular weight excluding hydrogens is 377 g/mol. The van der Waals surface area contributed by atoms with E-state index in [4.69, 9.17) is 0 Å². The summed E-state index contributed by atoms with van der Waals surface area (Å²) in [7, 11) is 0. The quantitative estimate of drug-likeness (QED) is 0.550. The number of hydrogen-bond acceptors (Lipinski definition) is 4. The van der Waals surface area contributed by atoms with Gasteiger partial charge in [-0.1, -0.05) is 6.07 Å². The second-order valence-corrected chi connectivity index (χ2v) is 5.97. The summed E-state index contributed by atoms with van der Waals surface area (Å²) in [5.41, 5.74) is -0.775. The van der Waals surface area contributed by atoms with E-state index in [9.17, 15) is 22.8 Å². The number of benzene rings is 1. The summed E-state index contributed by atoms with van der Waals surface area (Å²) >= 11 is 0. The first-order valence-corrected chi connectivity index (χ1v) is 8.25. The fourth-order valence-corrected chi connectivity index (χ4v) is 2.91. The van der Waals surface area contributed by atoms with Gasteiger partial charge in [-0.2, -0.15) is 32.7 Å². The van der Waals surface area contributed by atoms with E-state index in [-0.39, 0.29) is 16.9 Å². The Kier molecular flexibility index (Phi) is 3.95. The highest BCUT2D eigenvalue weighted by Gasteiger charge is 2.31. The van der Waals surface area contributed by atoms with Crippen molar-refractivity contribution in [1.29, 1.82) is 0 Å². The van der Waals surface area contributed by atoms with Gasteiger partial charge in [-0.05, 0) is 25.1 Å². The minimum Gasteiger partial charge on any atom is -0.345 e. The smallest absolute Gasteiger partial charge is 0.345 e. The zero-order valence-electron chi connectivity index (χ0n) is 14.4. The van der Waals surface area contributed by atoms with Gasteiger partial charge in [0.15, 0.2) is 0 Å². The summed E-state index contributed by atoms with van der Waals surface area (Å²) in [5.74, 6) is 0. The van der Waals surface area contributed by atoms with Crippen LogP contribution in [0.4, 0.5) is 18.0 Å². The van der Waals surface area contributed by atoms with E-state index < -0.39 is 23.3 Å². The number of aromatic amines is 1. The molecule has 11 heteroatoms. The minimum atomic E-state index is -4.54. The molecule has 2 N–H and O–H groups in total. The van der Waals surface area contributed by atoms with Crippen LogP contribution >= 0.6 is 0 Å². The van der Waals surface area contributed by atoms with Crippen molar-refractivity contribution in [3.63, 3.8) is 0 Å². The zero-order valence-corrected chi connectivity index (χ0v) is 14.4. The van der Waals surface area contributed by atoms with Crippen molar-refractivity contribution >= 4 is 17.1 Å².